The maximum atomic E-state index is 5.09. The number of nitrogens with zero attached hydrogens (tertiary/aromatic N) is 4. The van der Waals surface area contributed by atoms with E-state index in [1.54, 1.807) is 11.3 Å². The largest absolute Gasteiger partial charge is 0.357 e. The molecule has 0 bridgehead atoms. The number of aryl methyl sites for hydroxylation is 3. The van der Waals surface area contributed by atoms with E-state index in [0.29, 0.717) is 31.2 Å². The molecular formula is C14H22N6OS. The van der Waals surface area contributed by atoms with Gasteiger partial charge in [-0.2, -0.15) is 4.98 Å². The minimum absolute atomic E-state index is 0.631. The van der Waals surface area contributed by atoms with Crippen LogP contribution >= 0.6 is 11.3 Å². The van der Waals surface area contributed by atoms with Gasteiger partial charge in [0.2, 0.25) is 5.89 Å². The van der Waals surface area contributed by atoms with Crippen LogP contribution in [0.1, 0.15) is 34.2 Å². The van der Waals surface area contributed by atoms with Gasteiger partial charge in [-0.3, -0.25) is 0 Å². The molecule has 22 heavy (non-hydrogen) atoms. The maximum absolute atomic E-state index is 5.09. The predicted molar refractivity (Wildman–Crippen MR) is 87.1 cm³/mol. The van der Waals surface area contributed by atoms with Gasteiger partial charge < -0.3 is 15.2 Å². The first-order valence-electron chi connectivity index (χ1n) is 7.32. The van der Waals surface area contributed by atoms with Crippen molar-refractivity contribution < 1.29 is 4.52 Å². The second-order valence-electron chi connectivity index (χ2n) is 4.85. The Kier molecular flexibility index (Phi) is 5.88. The van der Waals surface area contributed by atoms with E-state index in [-0.39, 0.29) is 0 Å². The Labute approximate surface area is 134 Å². The van der Waals surface area contributed by atoms with E-state index in [1.165, 1.54) is 4.88 Å². The van der Waals surface area contributed by atoms with Crippen LogP contribution in [0.2, 0.25) is 0 Å². The lowest BCUT2D eigenvalue weighted by Crippen LogP contribution is -2.38. The summed E-state index contributed by atoms with van der Waals surface area (Å²) < 4.78 is 5.09. The van der Waals surface area contributed by atoms with Crippen molar-refractivity contribution in [2.75, 3.05) is 13.1 Å². The molecule has 0 fully saturated rings. The van der Waals surface area contributed by atoms with Gasteiger partial charge in [0.1, 0.15) is 0 Å². The number of hydrogen-bond donors (Lipinski definition) is 2. The standard InChI is InChI=1S/C14H22N6OS/c1-5-15-14(16-7-6-13-19-10(3)20-21-13)17-8-12-9(2)18-11(4)22-12/h5-8H2,1-4H3,(H2,15,16,17). The number of hydrogen-bond acceptors (Lipinski definition) is 6. The molecule has 0 saturated carbocycles. The monoisotopic (exact) mass is 322 g/mol. The average Bonchev–Trinajstić information content (AvgIpc) is 3.01. The molecule has 0 aliphatic rings. The van der Waals surface area contributed by atoms with Gasteiger partial charge >= 0.3 is 0 Å². The van der Waals surface area contributed by atoms with Crippen LogP contribution in [0.3, 0.4) is 0 Å². The molecule has 0 amide bonds. The Hall–Kier alpha value is -1.96. The van der Waals surface area contributed by atoms with Crippen LogP contribution in [0.5, 0.6) is 0 Å². The molecule has 0 aromatic carbocycles. The molecule has 0 unspecified atom stereocenters. The Morgan fingerprint density at radius 3 is 2.64 bits per heavy atom. The summed E-state index contributed by atoms with van der Waals surface area (Å²) in [6.45, 7) is 10.0. The van der Waals surface area contributed by atoms with Crippen LogP contribution in [-0.4, -0.2) is 34.2 Å². The van der Waals surface area contributed by atoms with Gasteiger partial charge in [-0.15, -0.1) is 11.3 Å². The first-order chi connectivity index (χ1) is 10.6. The summed E-state index contributed by atoms with van der Waals surface area (Å²) in [5, 5.41) is 11.3. The zero-order chi connectivity index (χ0) is 15.9. The van der Waals surface area contributed by atoms with Crippen molar-refractivity contribution >= 4 is 17.3 Å². The van der Waals surface area contributed by atoms with E-state index in [2.05, 4.69) is 30.8 Å². The molecule has 120 valence electrons. The minimum Gasteiger partial charge on any atom is -0.357 e. The Morgan fingerprint density at radius 2 is 2.05 bits per heavy atom. The van der Waals surface area contributed by atoms with Crippen molar-refractivity contribution in [1.29, 1.82) is 0 Å². The van der Waals surface area contributed by atoms with Crippen molar-refractivity contribution in [3.8, 4) is 0 Å². The lowest BCUT2D eigenvalue weighted by atomic mass is 10.4. The second-order valence-corrected chi connectivity index (χ2v) is 6.14. The highest BCUT2D eigenvalue weighted by Gasteiger charge is 2.06. The normalized spacial score (nSPS) is 11.7. The molecule has 2 aromatic heterocycles. The molecule has 0 spiro atoms. The molecule has 0 aliphatic heterocycles. The highest BCUT2D eigenvalue weighted by Crippen LogP contribution is 2.17. The fourth-order valence-corrected chi connectivity index (χ4v) is 2.80. The molecule has 2 aromatic rings. The summed E-state index contributed by atoms with van der Waals surface area (Å²) in [4.78, 5) is 14.4. The van der Waals surface area contributed by atoms with Gasteiger partial charge in [0.15, 0.2) is 11.8 Å². The quantitative estimate of drug-likeness (QED) is 0.622. The summed E-state index contributed by atoms with van der Waals surface area (Å²) >= 11 is 1.69. The molecule has 0 saturated heterocycles. The Bertz CT molecular complexity index is 633. The van der Waals surface area contributed by atoms with Gasteiger partial charge in [0.25, 0.3) is 0 Å². The average molecular weight is 322 g/mol. The third-order valence-corrected chi connectivity index (χ3v) is 3.98. The van der Waals surface area contributed by atoms with E-state index >= 15 is 0 Å². The van der Waals surface area contributed by atoms with Crippen molar-refractivity contribution in [3.05, 3.63) is 27.3 Å². The molecule has 2 rings (SSSR count). The summed E-state index contributed by atoms with van der Waals surface area (Å²) in [5.74, 6) is 2.07. The summed E-state index contributed by atoms with van der Waals surface area (Å²) in [5.41, 5.74) is 1.06. The first-order valence-corrected chi connectivity index (χ1v) is 8.14. The van der Waals surface area contributed by atoms with Crippen LogP contribution in [0.4, 0.5) is 0 Å². The van der Waals surface area contributed by atoms with Crippen molar-refractivity contribution in [3.63, 3.8) is 0 Å². The fraction of sp³-hybridized carbons (Fsp3) is 0.571. The highest BCUT2D eigenvalue weighted by atomic mass is 32.1. The molecule has 2 N–H and O–H groups in total. The highest BCUT2D eigenvalue weighted by molar-refractivity contribution is 7.11. The predicted octanol–water partition coefficient (Wildman–Crippen LogP) is 1.75. The first kappa shape index (κ1) is 16.4. The van der Waals surface area contributed by atoms with E-state index in [1.807, 2.05) is 27.7 Å². The molecule has 8 heteroatoms. The van der Waals surface area contributed by atoms with Gasteiger partial charge in [-0.1, -0.05) is 5.16 Å². The van der Waals surface area contributed by atoms with Crippen LogP contribution < -0.4 is 10.6 Å². The van der Waals surface area contributed by atoms with Gasteiger partial charge in [0.05, 0.1) is 17.2 Å². The zero-order valence-corrected chi connectivity index (χ0v) is 14.3. The Morgan fingerprint density at radius 1 is 1.23 bits per heavy atom. The van der Waals surface area contributed by atoms with Crippen LogP contribution in [0.25, 0.3) is 0 Å². The number of aliphatic imine (C=N–C) groups is 1. The van der Waals surface area contributed by atoms with Crippen LogP contribution in [0.15, 0.2) is 9.52 Å². The maximum Gasteiger partial charge on any atom is 0.228 e. The molecule has 7 nitrogen and oxygen atoms in total. The fourth-order valence-electron chi connectivity index (χ4n) is 1.94. The van der Waals surface area contributed by atoms with Gasteiger partial charge in [0, 0.05) is 24.4 Å². The van der Waals surface area contributed by atoms with Crippen LogP contribution in [-0.2, 0) is 13.0 Å². The summed E-state index contributed by atoms with van der Waals surface area (Å²) in [6.07, 6.45) is 0.671. The lowest BCUT2D eigenvalue weighted by Gasteiger charge is -2.10. The topological polar surface area (TPSA) is 88.2 Å². The third kappa shape index (κ3) is 4.80. The molecule has 2 heterocycles. The van der Waals surface area contributed by atoms with E-state index < -0.39 is 0 Å². The molecule has 0 aliphatic carbocycles. The number of nitrogens with one attached hydrogen (secondary N) is 2. The Balaban J connectivity index is 1.88. The summed E-state index contributed by atoms with van der Waals surface area (Å²) in [7, 11) is 0. The minimum atomic E-state index is 0.631. The number of aromatic nitrogens is 3. The zero-order valence-electron chi connectivity index (χ0n) is 13.4. The van der Waals surface area contributed by atoms with E-state index in [4.69, 9.17) is 4.52 Å². The molecule has 0 radical (unpaired) electrons. The molecular weight excluding hydrogens is 300 g/mol. The van der Waals surface area contributed by atoms with Gasteiger partial charge in [-0.05, 0) is 27.7 Å². The number of guanidine groups is 1. The SMILES string of the molecule is CCNC(=NCc1sc(C)nc1C)NCCc1nc(C)no1. The van der Waals surface area contributed by atoms with E-state index in [9.17, 15) is 0 Å². The summed E-state index contributed by atoms with van der Waals surface area (Å²) in [6, 6.07) is 0. The smallest absolute Gasteiger partial charge is 0.228 e. The molecule has 0 atom stereocenters. The van der Waals surface area contributed by atoms with E-state index in [0.717, 1.165) is 23.2 Å². The third-order valence-electron chi connectivity index (χ3n) is 2.93. The second kappa shape index (κ2) is 7.88. The van der Waals surface area contributed by atoms with Crippen molar-refractivity contribution in [1.82, 2.24) is 25.8 Å². The van der Waals surface area contributed by atoms with Crippen LogP contribution in [0, 0.1) is 20.8 Å². The van der Waals surface area contributed by atoms with Crippen molar-refractivity contribution in [2.45, 2.75) is 40.7 Å². The van der Waals surface area contributed by atoms with Gasteiger partial charge in [-0.25, -0.2) is 9.98 Å². The number of rotatable bonds is 6. The lowest BCUT2D eigenvalue weighted by molar-refractivity contribution is 0.374. The van der Waals surface area contributed by atoms with Crippen molar-refractivity contribution in [2.24, 2.45) is 4.99 Å². The number of thiazole rings is 1.